The third-order valence-electron chi connectivity index (χ3n) is 4.23. The molecule has 9 heteroatoms. The molecule has 0 spiro atoms. The number of piperidine rings is 1. The molecule has 1 saturated heterocycles. The van der Waals surface area contributed by atoms with E-state index in [1.54, 1.807) is 13.3 Å². The molecule has 2 rings (SSSR count). The van der Waals surface area contributed by atoms with Crippen LogP contribution in [0.2, 0.25) is 0 Å². The summed E-state index contributed by atoms with van der Waals surface area (Å²) in [5.74, 6) is 0.0205. The summed E-state index contributed by atoms with van der Waals surface area (Å²) in [5, 5.41) is 8.82. The maximum absolute atomic E-state index is 12.8. The van der Waals surface area contributed by atoms with Crippen LogP contribution < -0.4 is 10.6 Å². The van der Waals surface area contributed by atoms with Crippen molar-refractivity contribution in [1.29, 1.82) is 0 Å². The molecule has 0 radical (unpaired) electrons. The van der Waals surface area contributed by atoms with Crippen molar-refractivity contribution < 1.29 is 14.3 Å². The minimum absolute atomic E-state index is 0.0699. The van der Waals surface area contributed by atoms with Gasteiger partial charge in [0.15, 0.2) is 5.13 Å². The lowest BCUT2D eigenvalue weighted by Crippen LogP contribution is -2.59. The molecule has 2 amide bonds. The quantitative estimate of drug-likeness (QED) is 0.639. The van der Waals surface area contributed by atoms with Gasteiger partial charge in [0, 0.05) is 38.3 Å². The number of carbonyl (C=O) groups excluding carboxylic acids is 2. The normalized spacial score (nSPS) is 16.7. The molecule has 8 nitrogen and oxygen atoms in total. The number of aromatic nitrogens is 1. The van der Waals surface area contributed by atoms with Gasteiger partial charge in [-0.1, -0.05) is 0 Å². The molecule has 25 heavy (non-hydrogen) atoms. The van der Waals surface area contributed by atoms with E-state index in [1.165, 1.54) is 11.3 Å². The van der Waals surface area contributed by atoms with E-state index < -0.39 is 5.54 Å². The molecule has 1 aliphatic heterocycles. The van der Waals surface area contributed by atoms with Crippen LogP contribution in [0, 0.1) is 0 Å². The first-order valence-electron chi connectivity index (χ1n) is 8.34. The van der Waals surface area contributed by atoms with E-state index in [4.69, 9.17) is 4.74 Å². The summed E-state index contributed by atoms with van der Waals surface area (Å²) in [4.78, 5) is 33.0. The number of nitrogens with one attached hydrogen (secondary N) is 2. The second kappa shape index (κ2) is 9.12. The van der Waals surface area contributed by atoms with Crippen molar-refractivity contribution in [3.05, 3.63) is 11.6 Å². The van der Waals surface area contributed by atoms with Crippen molar-refractivity contribution in [2.45, 2.75) is 18.4 Å². The number of likely N-dealkylation sites (tertiary alicyclic amines) is 1. The molecule has 0 bridgehead atoms. The summed E-state index contributed by atoms with van der Waals surface area (Å²) in [6.07, 6.45) is 2.80. The van der Waals surface area contributed by atoms with E-state index in [0.29, 0.717) is 45.6 Å². The highest BCUT2D eigenvalue weighted by Crippen LogP contribution is 2.28. The summed E-state index contributed by atoms with van der Waals surface area (Å²) in [5.41, 5.74) is -0.750. The number of hydrogen-bond acceptors (Lipinski definition) is 7. The number of anilines is 1. The van der Waals surface area contributed by atoms with E-state index in [2.05, 4.69) is 15.6 Å². The standard InChI is InChI=1S/C16H27N5O3S/c1-20(2)12-13(22)21-8-4-16(5-9-21,14(23)17-6-10-24-3)19-15-18-7-11-25-15/h7,11H,4-6,8-10,12H2,1-3H3,(H,17,23)(H,18,19). The zero-order valence-electron chi connectivity index (χ0n) is 15.1. The third-order valence-corrected chi connectivity index (χ3v) is 4.91. The Morgan fingerprint density at radius 1 is 1.40 bits per heavy atom. The summed E-state index contributed by atoms with van der Waals surface area (Å²) in [6, 6.07) is 0. The average molecular weight is 369 g/mol. The third kappa shape index (κ3) is 5.38. The van der Waals surface area contributed by atoms with Crippen molar-refractivity contribution in [2.75, 3.05) is 59.3 Å². The predicted molar refractivity (Wildman–Crippen MR) is 97.7 cm³/mol. The Morgan fingerprint density at radius 3 is 2.68 bits per heavy atom. The highest BCUT2D eigenvalue weighted by molar-refractivity contribution is 7.13. The lowest BCUT2D eigenvalue weighted by Gasteiger charge is -2.41. The molecule has 1 aromatic rings. The van der Waals surface area contributed by atoms with Crippen LogP contribution in [-0.4, -0.2) is 86.1 Å². The van der Waals surface area contributed by atoms with Crippen LogP contribution in [0.1, 0.15) is 12.8 Å². The zero-order chi connectivity index (χ0) is 18.3. The maximum atomic E-state index is 12.8. The fraction of sp³-hybridized carbons (Fsp3) is 0.688. The van der Waals surface area contributed by atoms with Gasteiger partial charge < -0.3 is 25.2 Å². The summed E-state index contributed by atoms with van der Waals surface area (Å²) >= 11 is 1.46. The van der Waals surface area contributed by atoms with Crippen LogP contribution in [0.15, 0.2) is 11.6 Å². The number of likely N-dealkylation sites (N-methyl/N-ethyl adjacent to an activating group) is 1. The molecule has 0 unspecified atom stereocenters. The van der Waals surface area contributed by atoms with E-state index in [-0.39, 0.29) is 11.8 Å². The summed E-state index contributed by atoms with van der Waals surface area (Å²) < 4.78 is 5.00. The molecule has 1 aliphatic rings. The first-order chi connectivity index (χ1) is 12.0. The first kappa shape index (κ1) is 19.6. The van der Waals surface area contributed by atoms with Crippen molar-refractivity contribution in [3.8, 4) is 0 Å². The molecular weight excluding hydrogens is 342 g/mol. The van der Waals surface area contributed by atoms with Gasteiger partial charge in [-0.3, -0.25) is 9.59 Å². The fourth-order valence-corrected chi connectivity index (χ4v) is 3.47. The van der Waals surface area contributed by atoms with Crippen molar-refractivity contribution >= 4 is 28.3 Å². The molecule has 2 N–H and O–H groups in total. The van der Waals surface area contributed by atoms with Gasteiger partial charge in [0.25, 0.3) is 0 Å². The maximum Gasteiger partial charge on any atom is 0.245 e. The molecule has 0 aromatic carbocycles. The number of carbonyl (C=O) groups is 2. The van der Waals surface area contributed by atoms with Crippen LogP contribution in [0.3, 0.4) is 0 Å². The number of ether oxygens (including phenoxy) is 1. The molecule has 140 valence electrons. The lowest BCUT2D eigenvalue weighted by molar-refractivity contribution is -0.136. The molecule has 2 heterocycles. The highest BCUT2D eigenvalue weighted by atomic mass is 32.1. The number of rotatable bonds is 8. The topological polar surface area (TPSA) is 86.8 Å². The Labute approximate surface area is 152 Å². The van der Waals surface area contributed by atoms with Crippen molar-refractivity contribution in [1.82, 2.24) is 20.1 Å². The van der Waals surface area contributed by atoms with Crippen LogP contribution >= 0.6 is 11.3 Å². The van der Waals surface area contributed by atoms with E-state index in [1.807, 2.05) is 29.3 Å². The smallest absolute Gasteiger partial charge is 0.245 e. The average Bonchev–Trinajstić information content (AvgIpc) is 3.07. The van der Waals surface area contributed by atoms with Crippen molar-refractivity contribution in [2.24, 2.45) is 0 Å². The van der Waals surface area contributed by atoms with Gasteiger partial charge in [-0.15, -0.1) is 11.3 Å². The largest absolute Gasteiger partial charge is 0.383 e. The summed E-state index contributed by atoms with van der Waals surface area (Å²) in [7, 11) is 5.35. The minimum atomic E-state index is -0.750. The minimum Gasteiger partial charge on any atom is -0.383 e. The molecule has 1 fully saturated rings. The monoisotopic (exact) mass is 369 g/mol. The molecule has 0 atom stereocenters. The van der Waals surface area contributed by atoms with Gasteiger partial charge in [0.1, 0.15) is 5.54 Å². The van der Waals surface area contributed by atoms with E-state index in [0.717, 1.165) is 5.13 Å². The molecule has 0 aliphatic carbocycles. The van der Waals surface area contributed by atoms with Crippen LogP contribution in [0.25, 0.3) is 0 Å². The number of amides is 2. The number of thiazole rings is 1. The van der Waals surface area contributed by atoms with Gasteiger partial charge in [-0.05, 0) is 26.9 Å². The number of nitrogens with zero attached hydrogens (tertiary/aromatic N) is 3. The van der Waals surface area contributed by atoms with Crippen LogP contribution in [0.4, 0.5) is 5.13 Å². The number of hydrogen-bond donors (Lipinski definition) is 2. The van der Waals surface area contributed by atoms with Crippen LogP contribution in [0.5, 0.6) is 0 Å². The number of methoxy groups -OCH3 is 1. The van der Waals surface area contributed by atoms with Gasteiger partial charge in [0.2, 0.25) is 11.8 Å². The Bertz CT molecular complexity index is 556. The zero-order valence-corrected chi connectivity index (χ0v) is 15.9. The molecule has 1 aromatic heterocycles. The fourth-order valence-electron chi connectivity index (χ4n) is 2.84. The second-order valence-corrected chi connectivity index (χ2v) is 7.31. The van der Waals surface area contributed by atoms with Gasteiger partial charge in [-0.2, -0.15) is 0 Å². The predicted octanol–water partition coefficient (Wildman–Crippen LogP) is 0.240. The van der Waals surface area contributed by atoms with E-state index >= 15 is 0 Å². The molecule has 0 saturated carbocycles. The molecular formula is C16H27N5O3S. The van der Waals surface area contributed by atoms with Gasteiger partial charge >= 0.3 is 0 Å². The SMILES string of the molecule is COCCNC(=O)C1(Nc2nccs2)CCN(C(=O)CN(C)C)CC1. The van der Waals surface area contributed by atoms with Crippen LogP contribution in [-0.2, 0) is 14.3 Å². The Kier molecular flexibility index (Phi) is 7.15. The first-order valence-corrected chi connectivity index (χ1v) is 9.22. The van der Waals surface area contributed by atoms with Gasteiger partial charge in [-0.25, -0.2) is 4.98 Å². The van der Waals surface area contributed by atoms with Crippen molar-refractivity contribution in [3.63, 3.8) is 0 Å². The Morgan fingerprint density at radius 2 is 2.12 bits per heavy atom. The summed E-state index contributed by atoms with van der Waals surface area (Å²) in [6.45, 7) is 2.39. The Balaban J connectivity index is 2.04. The Hall–Kier alpha value is -1.71. The van der Waals surface area contributed by atoms with Gasteiger partial charge in [0.05, 0.1) is 13.2 Å². The highest BCUT2D eigenvalue weighted by Gasteiger charge is 2.42. The van der Waals surface area contributed by atoms with E-state index in [9.17, 15) is 9.59 Å². The second-order valence-electron chi connectivity index (χ2n) is 6.41. The lowest BCUT2D eigenvalue weighted by atomic mass is 9.86.